The fourth-order valence-corrected chi connectivity index (χ4v) is 4.68. The van der Waals surface area contributed by atoms with E-state index in [1.54, 1.807) is 24.3 Å². The van der Waals surface area contributed by atoms with Crippen LogP contribution in [0.4, 0.5) is 0 Å². The lowest BCUT2D eigenvalue weighted by Crippen LogP contribution is -2.47. The molecule has 1 saturated heterocycles. The summed E-state index contributed by atoms with van der Waals surface area (Å²) in [6, 6.07) is 6.97. The molecule has 0 unspecified atom stereocenters. The lowest BCUT2D eigenvalue weighted by molar-refractivity contribution is -0.131. The molecule has 1 aliphatic rings. The van der Waals surface area contributed by atoms with Gasteiger partial charge < -0.3 is 0 Å². The molecule has 1 heterocycles. The van der Waals surface area contributed by atoms with Crippen LogP contribution >= 0.6 is 11.6 Å². The van der Waals surface area contributed by atoms with E-state index in [1.807, 2.05) is 13.8 Å². The van der Waals surface area contributed by atoms with Crippen molar-refractivity contribution in [3.63, 3.8) is 0 Å². The van der Waals surface area contributed by atoms with Crippen LogP contribution in [0.5, 0.6) is 0 Å². The standard InChI is InChI=1S/C16H21ClN2O4S/c1-10(2)14(11-3-5-13(17)6-4-11)16(21)19-18-15(20)12-7-8-24(22,23)9-12/h3-6,10,12,14H,7-9H2,1-2H3,(H,18,20)(H,19,21)/t12-,14-/m1/s1. The summed E-state index contributed by atoms with van der Waals surface area (Å²) < 4.78 is 22.8. The van der Waals surface area contributed by atoms with Gasteiger partial charge in [0.25, 0.3) is 0 Å². The highest BCUT2D eigenvalue weighted by Crippen LogP contribution is 2.26. The molecule has 6 nitrogen and oxygen atoms in total. The van der Waals surface area contributed by atoms with Crippen LogP contribution in [0, 0.1) is 11.8 Å². The van der Waals surface area contributed by atoms with Gasteiger partial charge in [-0.3, -0.25) is 20.4 Å². The number of hydrazine groups is 1. The Bertz CT molecular complexity index is 716. The van der Waals surface area contributed by atoms with E-state index in [9.17, 15) is 18.0 Å². The van der Waals surface area contributed by atoms with Gasteiger partial charge in [0.2, 0.25) is 11.8 Å². The van der Waals surface area contributed by atoms with Crippen molar-refractivity contribution in [3.8, 4) is 0 Å². The van der Waals surface area contributed by atoms with Gasteiger partial charge in [-0.2, -0.15) is 0 Å². The van der Waals surface area contributed by atoms with E-state index >= 15 is 0 Å². The minimum Gasteiger partial charge on any atom is -0.273 e. The fourth-order valence-electron chi connectivity index (χ4n) is 2.81. The second kappa shape index (κ2) is 7.53. The molecule has 132 valence electrons. The second-order valence-corrected chi connectivity index (χ2v) is 9.02. The van der Waals surface area contributed by atoms with Gasteiger partial charge in [-0.05, 0) is 30.0 Å². The number of carbonyl (C=O) groups is 2. The first kappa shape index (κ1) is 18.7. The van der Waals surface area contributed by atoms with Gasteiger partial charge in [-0.1, -0.05) is 37.6 Å². The maximum atomic E-state index is 12.4. The van der Waals surface area contributed by atoms with Crippen LogP contribution in [-0.4, -0.2) is 31.7 Å². The molecule has 2 rings (SSSR count). The van der Waals surface area contributed by atoms with Crippen LogP contribution in [0.1, 0.15) is 31.7 Å². The first-order valence-corrected chi connectivity index (χ1v) is 9.95. The number of hydrogen-bond acceptors (Lipinski definition) is 4. The minimum absolute atomic E-state index is 0.00920. The molecule has 1 aliphatic heterocycles. The van der Waals surface area contributed by atoms with Gasteiger partial charge in [0, 0.05) is 5.02 Å². The Morgan fingerprint density at radius 2 is 1.79 bits per heavy atom. The molecular formula is C16H21ClN2O4S. The van der Waals surface area contributed by atoms with Crippen molar-refractivity contribution in [3.05, 3.63) is 34.9 Å². The maximum Gasteiger partial charge on any atom is 0.246 e. The first-order valence-electron chi connectivity index (χ1n) is 7.75. The highest BCUT2D eigenvalue weighted by Gasteiger charge is 2.33. The quantitative estimate of drug-likeness (QED) is 0.786. The number of carbonyl (C=O) groups excluding carboxylic acids is 2. The summed E-state index contributed by atoms with van der Waals surface area (Å²) >= 11 is 5.87. The molecule has 0 spiro atoms. The molecule has 8 heteroatoms. The topological polar surface area (TPSA) is 92.3 Å². The van der Waals surface area contributed by atoms with Gasteiger partial charge in [0.15, 0.2) is 9.84 Å². The van der Waals surface area contributed by atoms with E-state index in [1.165, 1.54) is 0 Å². The summed E-state index contributed by atoms with van der Waals surface area (Å²) in [5, 5.41) is 0.581. The summed E-state index contributed by atoms with van der Waals surface area (Å²) in [7, 11) is -3.14. The maximum absolute atomic E-state index is 12.4. The first-order chi connectivity index (χ1) is 11.2. The third kappa shape index (κ3) is 4.70. The lowest BCUT2D eigenvalue weighted by atomic mass is 9.88. The van der Waals surface area contributed by atoms with Gasteiger partial charge in [-0.15, -0.1) is 0 Å². The second-order valence-electron chi connectivity index (χ2n) is 6.35. The Labute approximate surface area is 146 Å². The molecule has 2 atom stereocenters. The molecule has 1 aromatic carbocycles. The van der Waals surface area contributed by atoms with E-state index in [2.05, 4.69) is 10.9 Å². The van der Waals surface area contributed by atoms with Crippen LogP contribution in [0.3, 0.4) is 0 Å². The van der Waals surface area contributed by atoms with Crippen LogP contribution in [0.25, 0.3) is 0 Å². The van der Waals surface area contributed by atoms with Gasteiger partial charge >= 0.3 is 0 Å². The number of nitrogens with one attached hydrogen (secondary N) is 2. The van der Waals surface area contributed by atoms with E-state index in [-0.39, 0.29) is 29.8 Å². The monoisotopic (exact) mass is 372 g/mol. The number of halogens is 1. The molecule has 1 fully saturated rings. The summed E-state index contributed by atoms with van der Waals surface area (Å²) in [5.74, 6) is -2.02. The van der Waals surface area contributed by atoms with Gasteiger partial charge in [0.05, 0.1) is 23.3 Å². The van der Waals surface area contributed by atoms with Crippen molar-refractivity contribution in [1.29, 1.82) is 0 Å². The van der Waals surface area contributed by atoms with Crippen LogP contribution in [-0.2, 0) is 19.4 Å². The molecule has 2 N–H and O–H groups in total. The van der Waals surface area contributed by atoms with Gasteiger partial charge in [-0.25, -0.2) is 8.42 Å². The lowest BCUT2D eigenvalue weighted by Gasteiger charge is -2.21. The van der Waals surface area contributed by atoms with Crippen molar-refractivity contribution in [2.75, 3.05) is 11.5 Å². The number of sulfone groups is 1. The van der Waals surface area contributed by atoms with Crippen molar-refractivity contribution < 1.29 is 18.0 Å². The predicted octanol–water partition coefficient (Wildman–Crippen LogP) is 1.66. The molecule has 0 aromatic heterocycles. The van der Waals surface area contributed by atoms with Crippen LogP contribution in [0.15, 0.2) is 24.3 Å². The molecule has 0 bridgehead atoms. The summed E-state index contributed by atoms with van der Waals surface area (Å²) in [4.78, 5) is 24.4. The van der Waals surface area contributed by atoms with E-state index in [0.717, 1.165) is 5.56 Å². The minimum atomic E-state index is -3.14. The highest BCUT2D eigenvalue weighted by molar-refractivity contribution is 7.91. The highest BCUT2D eigenvalue weighted by atomic mass is 35.5. The summed E-state index contributed by atoms with van der Waals surface area (Å²) in [6.07, 6.45) is 0.287. The van der Waals surface area contributed by atoms with E-state index in [4.69, 9.17) is 11.6 Å². The molecule has 0 saturated carbocycles. The number of hydrogen-bond donors (Lipinski definition) is 2. The molecular weight excluding hydrogens is 352 g/mol. The fraction of sp³-hybridized carbons (Fsp3) is 0.500. The van der Waals surface area contributed by atoms with Gasteiger partial charge in [0.1, 0.15) is 0 Å². The van der Waals surface area contributed by atoms with E-state index < -0.39 is 27.6 Å². The smallest absolute Gasteiger partial charge is 0.246 e. The zero-order chi connectivity index (χ0) is 17.9. The van der Waals surface area contributed by atoms with Crippen LogP contribution in [0.2, 0.25) is 5.02 Å². The Kier molecular flexibility index (Phi) is 5.87. The molecule has 24 heavy (non-hydrogen) atoms. The molecule has 0 aliphatic carbocycles. The van der Waals surface area contributed by atoms with Crippen molar-refractivity contribution in [2.45, 2.75) is 26.2 Å². The zero-order valence-corrected chi connectivity index (χ0v) is 15.2. The third-order valence-corrected chi connectivity index (χ3v) is 6.11. The van der Waals surface area contributed by atoms with Crippen LogP contribution < -0.4 is 10.9 Å². The third-order valence-electron chi connectivity index (χ3n) is 4.09. The van der Waals surface area contributed by atoms with Crippen molar-refractivity contribution in [2.24, 2.45) is 11.8 Å². The SMILES string of the molecule is CC(C)[C@@H](C(=O)NNC(=O)[C@@H]1CCS(=O)(=O)C1)c1ccc(Cl)cc1. The number of benzene rings is 1. The molecule has 2 amide bonds. The predicted molar refractivity (Wildman–Crippen MR) is 92.1 cm³/mol. The Hall–Kier alpha value is -1.60. The molecule has 1 aromatic rings. The van der Waals surface area contributed by atoms with Crippen molar-refractivity contribution in [1.82, 2.24) is 10.9 Å². The average molecular weight is 373 g/mol. The number of rotatable bonds is 4. The Morgan fingerprint density at radius 1 is 1.17 bits per heavy atom. The summed E-state index contributed by atoms with van der Waals surface area (Å²) in [5.41, 5.74) is 5.56. The summed E-state index contributed by atoms with van der Waals surface area (Å²) in [6.45, 7) is 3.81. The van der Waals surface area contributed by atoms with Crippen molar-refractivity contribution >= 4 is 33.3 Å². The largest absolute Gasteiger partial charge is 0.273 e. The van der Waals surface area contributed by atoms with E-state index in [0.29, 0.717) is 5.02 Å². The number of amides is 2. The zero-order valence-electron chi connectivity index (χ0n) is 13.6. The Morgan fingerprint density at radius 3 is 2.29 bits per heavy atom. The normalized spacial score (nSPS) is 20.6. The Balaban J connectivity index is 1.98. The average Bonchev–Trinajstić information content (AvgIpc) is 2.87. The molecule has 0 radical (unpaired) electrons.